The van der Waals surface area contributed by atoms with Crippen LogP contribution in [0.25, 0.3) is 0 Å². The molecular weight excluding hydrogens is 350 g/mol. The van der Waals surface area contributed by atoms with Crippen molar-refractivity contribution in [2.45, 2.75) is 25.3 Å². The number of carbonyl (C=O) groups is 2. The number of benzene rings is 2. The van der Waals surface area contributed by atoms with E-state index < -0.39 is 0 Å². The number of carbonyl (C=O) groups excluding carboxylic acids is 2. The molecule has 1 fully saturated rings. The third-order valence-corrected chi connectivity index (χ3v) is 4.68. The first-order valence-electron chi connectivity index (χ1n) is 8.77. The molecule has 0 saturated carbocycles. The van der Waals surface area contributed by atoms with Gasteiger partial charge in [0.05, 0.1) is 6.04 Å². The molecule has 1 heterocycles. The van der Waals surface area contributed by atoms with Crippen molar-refractivity contribution in [1.82, 2.24) is 4.90 Å². The van der Waals surface area contributed by atoms with Gasteiger partial charge in [-0.1, -0.05) is 35.9 Å². The van der Waals surface area contributed by atoms with E-state index in [1.807, 2.05) is 30.3 Å². The van der Waals surface area contributed by atoms with Gasteiger partial charge in [0.25, 0.3) is 0 Å². The van der Waals surface area contributed by atoms with Gasteiger partial charge in [0, 0.05) is 29.4 Å². The summed E-state index contributed by atoms with van der Waals surface area (Å²) in [6, 6.07) is 16.3. The lowest BCUT2D eigenvalue weighted by molar-refractivity contribution is -0.121. The molecule has 0 radical (unpaired) electrons. The fourth-order valence-electron chi connectivity index (χ4n) is 3.17. The zero-order chi connectivity index (χ0) is 18.4. The standard InChI is InChI=1S/C20H22ClN3O2/c21-15-6-4-9-17(14-15)22-19(25)11-13-24-12-5-10-18(24)20(26)23-16-7-2-1-3-8-16/h1-4,6-9,14,18H,5,10-13H2,(H,22,25)(H,23,26)/t18-/m0/s1. The molecule has 0 unspecified atom stereocenters. The fourth-order valence-corrected chi connectivity index (χ4v) is 3.36. The highest BCUT2D eigenvalue weighted by Gasteiger charge is 2.30. The zero-order valence-electron chi connectivity index (χ0n) is 14.5. The summed E-state index contributed by atoms with van der Waals surface area (Å²) in [4.78, 5) is 26.8. The molecule has 2 N–H and O–H groups in total. The predicted octanol–water partition coefficient (Wildman–Crippen LogP) is 3.77. The van der Waals surface area contributed by atoms with E-state index >= 15 is 0 Å². The van der Waals surface area contributed by atoms with Gasteiger partial charge in [-0.25, -0.2) is 0 Å². The number of para-hydroxylation sites is 1. The summed E-state index contributed by atoms with van der Waals surface area (Å²) in [5.41, 5.74) is 1.48. The zero-order valence-corrected chi connectivity index (χ0v) is 15.2. The van der Waals surface area contributed by atoms with Crippen molar-refractivity contribution < 1.29 is 9.59 Å². The molecule has 5 nitrogen and oxygen atoms in total. The maximum atomic E-state index is 12.5. The molecule has 0 spiro atoms. The van der Waals surface area contributed by atoms with Crippen molar-refractivity contribution in [2.75, 3.05) is 23.7 Å². The van der Waals surface area contributed by atoms with Crippen LogP contribution in [0.3, 0.4) is 0 Å². The Morgan fingerprint density at radius 3 is 2.58 bits per heavy atom. The number of nitrogens with one attached hydrogen (secondary N) is 2. The minimum atomic E-state index is -0.186. The maximum absolute atomic E-state index is 12.5. The van der Waals surface area contributed by atoms with Gasteiger partial charge in [0.15, 0.2) is 0 Å². The van der Waals surface area contributed by atoms with E-state index in [2.05, 4.69) is 15.5 Å². The third kappa shape index (κ3) is 5.07. The van der Waals surface area contributed by atoms with Crippen LogP contribution in [0.5, 0.6) is 0 Å². The number of halogens is 1. The minimum Gasteiger partial charge on any atom is -0.326 e. The summed E-state index contributed by atoms with van der Waals surface area (Å²) < 4.78 is 0. The van der Waals surface area contributed by atoms with Crippen molar-refractivity contribution in [3.63, 3.8) is 0 Å². The average Bonchev–Trinajstić information content (AvgIpc) is 3.09. The smallest absolute Gasteiger partial charge is 0.241 e. The van der Waals surface area contributed by atoms with Crippen LogP contribution < -0.4 is 10.6 Å². The van der Waals surface area contributed by atoms with E-state index in [4.69, 9.17) is 11.6 Å². The number of nitrogens with zero attached hydrogens (tertiary/aromatic N) is 1. The number of rotatable bonds is 6. The summed E-state index contributed by atoms with van der Waals surface area (Å²) in [7, 11) is 0. The van der Waals surface area contributed by atoms with Crippen LogP contribution in [0.4, 0.5) is 11.4 Å². The first-order chi connectivity index (χ1) is 12.6. The Bertz CT molecular complexity index is 767. The third-order valence-electron chi connectivity index (χ3n) is 4.44. The van der Waals surface area contributed by atoms with Crippen molar-refractivity contribution in [3.8, 4) is 0 Å². The minimum absolute atomic E-state index is 0.0102. The summed E-state index contributed by atoms with van der Waals surface area (Å²) >= 11 is 5.93. The molecule has 1 atom stereocenters. The second-order valence-electron chi connectivity index (χ2n) is 6.36. The van der Waals surface area contributed by atoms with Crippen LogP contribution in [-0.4, -0.2) is 35.8 Å². The molecule has 26 heavy (non-hydrogen) atoms. The van der Waals surface area contributed by atoms with Crippen LogP contribution in [0, 0.1) is 0 Å². The predicted molar refractivity (Wildman–Crippen MR) is 104 cm³/mol. The molecule has 3 rings (SSSR count). The largest absolute Gasteiger partial charge is 0.326 e. The van der Waals surface area contributed by atoms with Gasteiger partial charge in [0.1, 0.15) is 0 Å². The Labute approximate surface area is 158 Å². The van der Waals surface area contributed by atoms with Crippen molar-refractivity contribution in [2.24, 2.45) is 0 Å². The lowest BCUT2D eigenvalue weighted by Crippen LogP contribution is -2.40. The first-order valence-corrected chi connectivity index (χ1v) is 9.15. The molecular formula is C20H22ClN3O2. The van der Waals surface area contributed by atoms with Gasteiger partial charge in [-0.15, -0.1) is 0 Å². The monoisotopic (exact) mass is 371 g/mol. The van der Waals surface area contributed by atoms with Crippen molar-refractivity contribution in [3.05, 3.63) is 59.6 Å². The van der Waals surface area contributed by atoms with E-state index in [-0.39, 0.29) is 17.9 Å². The average molecular weight is 372 g/mol. The molecule has 0 aromatic heterocycles. The lowest BCUT2D eigenvalue weighted by atomic mass is 10.2. The highest BCUT2D eigenvalue weighted by atomic mass is 35.5. The van der Waals surface area contributed by atoms with Crippen LogP contribution in [0.1, 0.15) is 19.3 Å². The van der Waals surface area contributed by atoms with E-state index in [9.17, 15) is 9.59 Å². The molecule has 0 aliphatic carbocycles. The molecule has 2 amide bonds. The Hall–Kier alpha value is -2.37. The van der Waals surface area contributed by atoms with Gasteiger partial charge < -0.3 is 10.6 Å². The quantitative estimate of drug-likeness (QED) is 0.812. The van der Waals surface area contributed by atoms with E-state index in [0.717, 1.165) is 25.1 Å². The van der Waals surface area contributed by atoms with Crippen LogP contribution in [0.15, 0.2) is 54.6 Å². The Morgan fingerprint density at radius 1 is 1.04 bits per heavy atom. The highest BCUT2D eigenvalue weighted by molar-refractivity contribution is 6.30. The molecule has 1 aliphatic rings. The summed E-state index contributed by atoms with van der Waals surface area (Å²) in [6.45, 7) is 1.39. The fraction of sp³-hybridized carbons (Fsp3) is 0.300. The van der Waals surface area contributed by atoms with Crippen LogP contribution >= 0.6 is 11.6 Å². The summed E-state index contributed by atoms with van der Waals surface area (Å²) in [6.07, 6.45) is 2.11. The van der Waals surface area contributed by atoms with Gasteiger partial charge in [0.2, 0.25) is 11.8 Å². The number of likely N-dealkylation sites (tertiary alicyclic amines) is 1. The van der Waals surface area contributed by atoms with Gasteiger partial charge in [-0.3, -0.25) is 14.5 Å². The first kappa shape index (κ1) is 18.4. The number of amides is 2. The molecule has 0 bridgehead atoms. The highest BCUT2D eigenvalue weighted by Crippen LogP contribution is 2.20. The molecule has 2 aromatic carbocycles. The van der Waals surface area contributed by atoms with Gasteiger partial charge in [-0.05, 0) is 49.7 Å². The topological polar surface area (TPSA) is 61.4 Å². The molecule has 1 saturated heterocycles. The van der Waals surface area contributed by atoms with Crippen molar-refractivity contribution in [1.29, 1.82) is 0 Å². The Morgan fingerprint density at radius 2 is 1.81 bits per heavy atom. The molecule has 1 aliphatic heterocycles. The van der Waals surface area contributed by atoms with Crippen LogP contribution in [0.2, 0.25) is 5.02 Å². The number of hydrogen-bond acceptors (Lipinski definition) is 3. The normalized spacial score (nSPS) is 17.0. The number of hydrogen-bond donors (Lipinski definition) is 2. The molecule has 136 valence electrons. The van der Waals surface area contributed by atoms with E-state index in [0.29, 0.717) is 23.7 Å². The van der Waals surface area contributed by atoms with E-state index in [1.54, 1.807) is 24.3 Å². The summed E-state index contributed by atoms with van der Waals surface area (Å²) in [5.74, 6) is -0.0923. The van der Waals surface area contributed by atoms with Gasteiger partial charge in [-0.2, -0.15) is 0 Å². The lowest BCUT2D eigenvalue weighted by Gasteiger charge is -2.23. The molecule has 2 aromatic rings. The summed E-state index contributed by atoms with van der Waals surface area (Å²) in [5, 5.41) is 6.38. The number of anilines is 2. The van der Waals surface area contributed by atoms with E-state index in [1.165, 1.54) is 0 Å². The Balaban J connectivity index is 1.50. The second-order valence-corrected chi connectivity index (χ2v) is 6.79. The van der Waals surface area contributed by atoms with Crippen LogP contribution in [-0.2, 0) is 9.59 Å². The SMILES string of the molecule is O=C(CCN1CCC[C@H]1C(=O)Nc1ccccc1)Nc1cccc(Cl)c1. The molecule has 6 heteroatoms. The Kier molecular flexibility index (Phi) is 6.26. The second kappa shape index (κ2) is 8.83. The van der Waals surface area contributed by atoms with Gasteiger partial charge >= 0.3 is 0 Å². The van der Waals surface area contributed by atoms with Crippen molar-refractivity contribution >= 4 is 34.8 Å². The maximum Gasteiger partial charge on any atom is 0.241 e.